The molecule has 1 amide bonds. The van der Waals surface area contributed by atoms with Crippen LogP contribution in [0, 0.1) is 10.6 Å². The van der Waals surface area contributed by atoms with Gasteiger partial charge in [-0.1, -0.05) is 12.1 Å². The number of aromatic hydroxyl groups is 1. The van der Waals surface area contributed by atoms with E-state index in [0.29, 0.717) is 11.1 Å². The van der Waals surface area contributed by atoms with E-state index < -0.39 is 23.2 Å². The Kier molecular flexibility index (Phi) is 5.70. The van der Waals surface area contributed by atoms with Gasteiger partial charge in [-0.15, -0.1) is 0 Å². The van der Waals surface area contributed by atoms with Gasteiger partial charge in [0.05, 0.1) is 12.8 Å². The van der Waals surface area contributed by atoms with Crippen LogP contribution < -0.4 is 11.0 Å². The average molecular weight is 399 g/mol. The second-order valence-electron chi connectivity index (χ2n) is 5.64. The highest BCUT2D eigenvalue weighted by molar-refractivity contribution is 7.71. The standard InChI is InChI=1S/C18H14FN5O3S/c19-13-3-1-11(2-4-13)10-24-17(27)14(16(26)22-18(24)28)9-21-23-15(25)12-5-7-20-8-6-12/h1-9,27H,10H2,(H,23,25)(H,22,26,28)/b21-9+. The number of nitrogens with one attached hydrogen (secondary N) is 2. The molecule has 0 unspecified atom stereocenters. The van der Waals surface area contributed by atoms with E-state index >= 15 is 0 Å². The molecule has 3 aromatic rings. The normalized spacial score (nSPS) is 10.9. The molecule has 0 aliphatic heterocycles. The molecule has 0 bridgehead atoms. The van der Waals surface area contributed by atoms with Crippen molar-refractivity contribution in [2.45, 2.75) is 6.54 Å². The van der Waals surface area contributed by atoms with Crippen LogP contribution >= 0.6 is 12.2 Å². The van der Waals surface area contributed by atoms with Gasteiger partial charge in [0.1, 0.15) is 11.4 Å². The first kappa shape index (κ1) is 19.1. The first-order valence-corrected chi connectivity index (χ1v) is 8.40. The van der Waals surface area contributed by atoms with Crippen LogP contribution in [0.15, 0.2) is 58.7 Å². The first-order chi connectivity index (χ1) is 13.5. The van der Waals surface area contributed by atoms with Gasteiger partial charge in [0.15, 0.2) is 4.77 Å². The number of carbonyl (C=O) groups excluding carboxylic acids is 1. The van der Waals surface area contributed by atoms with Crippen LogP contribution in [-0.4, -0.2) is 31.8 Å². The summed E-state index contributed by atoms with van der Waals surface area (Å²) in [4.78, 5) is 30.3. The highest BCUT2D eigenvalue weighted by Gasteiger charge is 2.12. The molecule has 2 heterocycles. The van der Waals surface area contributed by atoms with Crippen molar-refractivity contribution in [1.29, 1.82) is 0 Å². The fraction of sp³-hybridized carbons (Fsp3) is 0.0556. The Morgan fingerprint density at radius 3 is 2.64 bits per heavy atom. The number of hydrazone groups is 1. The molecule has 0 saturated heterocycles. The molecule has 1 aromatic carbocycles. The summed E-state index contributed by atoms with van der Waals surface area (Å²) >= 11 is 5.08. The number of aromatic amines is 1. The molecule has 0 spiro atoms. The molecule has 0 fully saturated rings. The van der Waals surface area contributed by atoms with Gasteiger partial charge < -0.3 is 5.11 Å². The van der Waals surface area contributed by atoms with Crippen LogP contribution in [0.2, 0.25) is 0 Å². The third kappa shape index (κ3) is 4.35. The minimum atomic E-state index is -0.667. The summed E-state index contributed by atoms with van der Waals surface area (Å²) in [6.45, 7) is 0.103. The zero-order chi connectivity index (χ0) is 20.1. The number of nitrogens with zero attached hydrogens (tertiary/aromatic N) is 3. The summed E-state index contributed by atoms with van der Waals surface area (Å²) < 4.78 is 14.3. The SMILES string of the molecule is O=C(N/N=C/c1c(O)n(Cc2ccc(F)cc2)c(=S)[nH]c1=O)c1ccncc1. The van der Waals surface area contributed by atoms with Gasteiger partial charge in [-0.25, -0.2) is 9.82 Å². The zero-order valence-corrected chi connectivity index (χ0v) is 15.1. The Hall–Kier alpha value is -3.66. The maximum Gasteiger partial charge on any atom is 0.271 e. The van der Waals surface area contributed by atoms with Gasteiger partial charge in [-0.3, -0.25) is 24.1 Å². The van der Waals surface area contributed by atoms with E-state index in [9.17, 15) is 19.1 Å². The minimum absolute atomic E-state index is 0.00945. The van der Waals surface area contributed by atoms with Crippen molar-refractivity contribution in [1.82, 2.24) is 20.0 Å². The number of hydrogen-bond acceptors (Lipinski definition) is 6. The molecule has 10 heteroatoms. The van der Waals surface area contributed by atoms with Gasteiger partial charge in [0.25, 0.3) is 11.5 Å². The second-order valence-corrected chi connectivity index (χ2v) is 6.03. The van der Waals surface area contributed by atoms with Crippen LogP contribution in [0.5, 0.6) is 5.88 Å². The van der Waals surface area contributed by atoms with Crippen LogP contribution in [-0.2, 0) is 6.54 Å². The van der Waals surface area contributed by atoms with E-state index in [-0.39, 0.29) is 16.9 Å². The highest BCUT2D eigenvalue weighted by Crippen LogP contribution is 2.14. The van der Waals surface area contributed by atoms with Crippen molar-refractivity contribution in [3.8, 4) is 5.88 Å². The van der Waals surface area contributed by atoms with Crippen molar-refractivity contribution >= 4 is 24.3 Å². The third-order valence-corrected chi connectivity index (χ3v) is 4.09. The Bertz CT molecular complexity index is 1140. The number of amides is 1. The molecule has 3 N–H and O–H groups in total. The van der Waals surface area contributed by atoms with Crippen LogP contribution in [0.4, 0.5) is 4.39 Å². The lowest BCUT2D eigenvalue weighted by molar-refractivity contribution is 0.0955. The van der Waals surface area contributed by atoms with Crippen LogP contribution in [0.3, 0.4) is 0 Å². The largest absolute Gasteiger partial charge is 0.494 e. The molecule has 2 aromatic heterocycles. The number of halogens is 1. The van der Waals surface area contributed by atoms with Crippen molar-refractivity contribution < 1.29 is 14.3 Å². The fourth-order valence-corrected chi connectivity index (χ4v) is 2.58. The van der Waals surface area contributed by atoms with Gasteiger partial charge in [-0.05, 0) is 42.0 Å². The van der Waals surface area contributed by atoms with E-state index in [1.807, 2.05) is 0 Å². The summed E-state index contributed by atoms with van der Waals surface area (Å²) in [5.41, 5.74) is 2.39. The zero-order valence-electron chi connectivity index (χ0n) is 14.3. The number of benzene rings is 1. The first-order valence-electron chi connectivity index (χ1n) is 7.99. The molecule has 3 rings (SSSR count). The smallest absolute Gasteiger partial charge is 0.271 e. The molecule has 0 atom stereocenters. The van der Waals surface area contributed by atoms with E-state index in [1.54, 1.807) is 0 Å². The number of carbonyl (C=O) groups is 1. The molecule has 0 aliphatic rings. The summed E-state index contributed by atoms with van der Waals surface area (Å²) in [6.07, 6.45) is 3.93. The van der Waals surface area contributed by atoms with Crippen molar-refractivity contribution in [2.75, 3.05) is 0 Å². The summed E-state index contributed by atoms with van der Waals surface area (Å²) in [5, 5.41) is 14.1. The number of aromatic nitrogens is 3. The maximum atomic E-state index is 13.0. The van der Waals surface area contributed by atoms with Gasteiger partial charge >= 0.3 is 0 Å². The molecule has 0 saturated carbocycles. The molecule has 0 aliphatic carbocycles. The van der Waals surface area contributed by atoms with E-state index in [0.717, 1.165) is 6.21 Å². The van der Waals surface area contributed by atoms with Crippen LogP contribution in [0.1, 0.15) is 21.5 Å². The van der Waals surface area contributed by atoms with E-state index in [4.69, 9.17) is 12.2 Å². The predicted octanol–water partition coefficient (Wildman–Crippen LogP) is 1.96. The maximum absolute atomic E-state index is 13.0. The number of pyridine rings is 1. The van der Waals surface area contributed by atoms with Gasteiger partial charge in [-0.2, -0.15) is 5.10 Å². The Balaban J connectivity index is 1.85. The number of rotatable bonds is 5. The Morgan fingerprint density at radius 2 is 1.96 bits per heavy atom. The summed E-state index contributed by atoms with van der Waals surface area (Å²) in [7, 11) is 0. The number of hydrogen-bond donors (Lipinski definition) is 3. The van der Waals surface area contributed by atoms with E-state index in [2.05, 4.69) is 20.5 Å². The summed E-state index contributed by atoms with van der Waals surface area (Å²) in [5.74, 6) is -1.33. The topological polar surface area (TPSA) is 112 Å². The average Bonchev–Trinajstić information content (AvgIpc) is 2.69. The Labute approximate surface area is 163 Å². The Morgan fingerprint density at radius 1 is 1.29 bits per heavy atom. The molecule has 0 radical (unpaired) electrons. The number of H-pyrrole nitrogens is 1. The van der Waals surface area contributed by atoms with Crippen molar-refractivity contribution in [3.63, 3.8) is 0 Å². The van der Waals surface area contributed by atoms with Gasteiger partial charge in [0, 0.05) is 18.0 Å². The highest BCUT2D eigenvalue weighted by atomic mass is 32.1. The molecule has 8 nitrogen and oxygen atoms in total. The predicted molar refractivity (Wildman–Crippen MR) is 102 cm³/mol. The molecular weight excluding hydrogens is 385 g/mol. The minimum Gasteiger partial charge on any atom is -0.494 e. The van der Waals surface area contributed by atoms with Crippen molar-refractivity contribution in [3.05, 3.63) is 86.4 Å². The lowest BCUT2D eigenvalue weighted by Crippen LogP contribution is -2.21. The van der Waals surface area contributed by atoms with Crippen molar-refractivity contribution in [2.24, 2.45) is 5.10 Å². The molecular formula is C18H14FN5O3S. The summed E-state index contributed by atoms with van der Waals surface area (Å²) in [6, 6.07) is 8.61. The van der Waals surface area contributed by atoms with E-state index in [1.165, 1.54) is 53.4 Å². The molecule has 142 valence electrons. The lowest BCUT2D eigenvalue weighted by Gasteiger charge is -2.11. The third-order valence-electron chi connectivity index (χ3n) is 3.76. The second kappa shape index (κ2) is 8.35. The monoisotopic (exact) mass is 399 g/mol. The van der Waals surface area contributed by atoms with Gasteiger partial charge in [0.2, 0.25) is 5.88 Å². The molecule has 28 heavy (non-hydrogen) atoms. The quantitative estimate of drug-likeness (QED) is 0.345. The fourth-order valence-electron chi connectivity index (χ4n) is 2.33. The van der Waals surface area contributed by atoms with Crippen LogP contribution in [0.25, 0.3) is 0 Å². The lowest BCUT2D eigenvalue weighted by atomic mass is 10.2.